The topological polar surface area (TPSA) is 46.3 Å². The molecule has 100 valence electrons. The number of hydrogen-bond donors (Lipinski definition) is 1. The van der Waals surface area contributed by atoms with Gasteiger partial charge in [-0.1, -0.05) is 30.3 Å². The summed E-state index contributed by atoms with van der Waals surface area (Å²) in [4.78, 5) is 13.2. The zero-order chi connectivity index (χ0) is 13.7. The van der Waals surface area contributed by atoms with Crippen molar-refractivity contribution in [2.75, 3.05) is 6.54 Å². The number of benzene rings is 1. The van der Waals surface area contributed by atoms with Gasteiger partial charge in [-0.15, -0.1) is 0 Å². The normalized spacial score (nSPS) is 12.8. The summed E-state index contributed by atoms with van der Waals surface area (Å²) in [5.41, 5.74) is 6.44. The Morgan fingerprint density at radius 1 is 1.28 bits per heavy atom. The number of carbonyl (C=O) groups excluding carboxylic acids is 1. The molecule has 0 saturated heterocycles. The fourth-order valence-corrected chi connectivity index (χ4v) is 1.69. The SMILES string of the molecule is CC(C)N(CC(F)F)C(=O)C(N)c1ccccc1. The Morgan fingerprint density at radius 2 is 1.83 bits per heavy atom. The lowest BCUT2D eigenvalue weighted by Gasteiger charge is -2.29. The molecule has 1 rings (SSSR count). The fraction of sp³-hybridized carbons (Fsp3) is 0.462. The summed E-state index contributed by atoms with van der Waals surface area (Å²) in [5.74, 6) is -0.475. The minimum absolute atomic E-state index is 0.304. The summed E-state index contributed by atoms with van der Waals surface area (Å²) in [7, 11) is 0. The molecule has 18 heavy (non-hydrogen) atoms. The van der Waals surface area contributed by atoms with E-state index in [2.05, 4.69) is 0 Å². The molecule has 0 spiro atoms. The Kier molecular flexibility index (Phi) is 5.22. The predicted molar refractivity (Wildman–Crippen MR) is 66.2 cm³/mol. The molecule has 1 aromatic carbocycles. The van der Waals surface area contributed by atoms with Crippen molar-refractivity contribution in [3.8, 4) is 0 Å². The van der Waals surface area contributed by atoms with Crippen LogP contribution in [0.25, 0.3) is 0 Å². The van der Waals surface area contributed by atoms with Crippen LogP contribution < -0.4 is 5.73 Å². The Balaban J connectivity index is 2.83. The Labute approximate surface area is 106 Å². The second kappa shape index (κ2) is 6.44. The quantitative estimate of drug-likeness (QED) is 0.877. The van der Waals surface area contributed by atoms with Crippen molar-refractivity contribution in [1.29, 1.82) is 0 Å². The third kappa shape index (κ3) is 3.77. The average Bonchev–Trinajstić information content (AvgIpc) is 2.34. The number of halogens is 2. The highest BCUT2D eigenvalue weighted by Gasteiger charge is 2.26. The molecule has 1 amide bonds. The van der Waals surface area contributed by atoms with Crippen LogP contribution in [0.2, 0.25) is 0 Å². The lowest BCUT2D eigenvalue weighted by molar-refractivity contribution is -0.136. The highest BCUT2D eigenvalue weighted by atomic mass is 19.3. The first kappa shape index (κ1) is 14.6. The predicted octanol–water partition coefficient (Wildman–Crippen LogP) is 2.19. The first-order valence-corrected chi connectivity index (χ1v) is 5.82. The van der Waals surface area contributed by atoms with Crippen LogP contribution in [0.5, 0.6) is 0 Å². The maximum absolute atomic E-state index is 12.4. The zero-order valence-corrected chi connectivity index (χ0v) is 10.5. The number of nitrogens with zero attached hydrogens (tertiary/aromatic N) is 1. The van der Waals surface area contributed by atoms with Crippen LogP contribution in [-0.2, 0) is 4.79 Å². The van der Waals surface area contributed by atoms with Gasteiger partial charge in [-0.25, -0.2) is 8.78 Å². The summed E-state index contributed by atoms with van der Waals surface area (Å²) < 4.78 is 24.9. The van der Waals surface area contributed by atoms with Crippen LogP contribution >= 0.6 is 0 Å². The van der Waals surface area contributed by atoms with Crippen molar-refractivity contribution in [3.05, 3.63) is 35.9 Å². The van der Waals surface area contributed by atoms with Gasteiger partial charge in [0.25, 0.3) is 6.43 Å². The molecular formula is C13H18F2N2O. The molecule has 0 saturated carbocycles. The molecule has 0 aliphatic carbocycles. The van der Waals surface area contributed by atoms with Crippen LogP contribution in [0.3, 0.4) is 0 Å². The van der Waals surface area contributed by atoms with Gasteiger partial charge in [-0.2, -0.15) is 0 Å². The van der Waals surface area contributed by atoms with Gasteiger partial charge in [0.15, 0.2) is 0 Å². The molecule has 0 aliphatic rings. The van der Waals surface area contributed by atoms with E-state index in [-0.39, 0.29) is 6.04 Å². The van der Waals surface area contributed by atoms with Crippen LogP contribution in [0.1, 0.15) is 25.5 Å². The summed E-state index contributed by atoms with van der Waals surface area (Å²) >= 11 is 0. The van der Waals surface area contributed by atoms with Crippen molar-refractivity contribution in [1.82, 2.24) is 4.90 Å². The molecule has 0 bridgehead atoms. The van der Waals surface area contributed by atoms with E-state index in [1.807, 2.05) is 0 Å². The molecule has 1 aromatic rings. The number of hydrogen-bond acceptors (Lipinski definition) is 2. The summed E-state index contributed by atoms with van der Waals surface area (Å²) in [6, 6.07) is 7.55. The Hall–Kier alpha value is -1.49. The van der Waals surface area contributed by atoms with Crippen LogP contribution in [0, 0.1) is 0 Å². The van der Waals surface area contributed by atoms with E-state index in [1.165, 1.54) is 0 Å². The van der Waals surface area contributed by atoms with Gasteiger partial charge in [0, 0.05) is 6.04 Å². The lowest BCUT2D eigenvalue weighted by Crippen LogP contribution is -2.45. The minimum Gasteiger partial charge on any atom is -0.333 e. The van der Waals surface area contributed by atoms with Crippen molar-refractivity contribution in [2.45, 2.75) is 32.4 Å². The molecule has 5 heteroatoms. The molecule has 0 radical (unpaired) electrons. The standard InChI is InChI=1S/C13H18F2N2O/c1-9(2)17(8-11(14)15)13(18)12(16)10-6-4-3-5-7-10/h3-7,9,11-12H,8,16H2,1-2H3. The maximum atomic E-state index is 12.4. The maximum Gasteiger partial charge on any atom is 0.255 e. The van der Waals surface area contributed by atoms with Gasteiger partial charge < -0.3 is 10.6 Å². The minimum atomic E-state index is -2.56. The summed E-state index contributed by atoms with van der Waals surface area (Å²) in [6.07, 6.45) is -2.56. The van der Waals surface area contributed by atoms with Crippen LogP contribution in [0.15, 0.2) is 30.3 Å². The van der Waals surface area contributed by atoms with Gasteiger partial charge in [0.1, 0.15) is 6.04 Å². The second-order valence-corrected chi connectivity index (χ2v) is 4.36. The van der Waals surface area contributed by atoms with E-state index in [1.54, 1.807) is 44.2 Å². The van der Waals surface area contributed by atoms with Gasteiger partial charge in [-0.05, 0) is 19.4 Å². The van der Waals surface area contributed by atoms with E-state index in [9.17, 15) is 13.6 Å². The summed E-state index contributed by atoms with van der Waals surface area (Å²) in [5, 5.41) is 0. The number of rotatable bonds is 5. The second-order valence-electron chi connectivity index (χ2n) is 4.36. The van der Waals surface area contributed by atoms with Crippen LogP contribution in [-0.4, -0.2) is 29.8 Å². The first-order valence-electron chi connectivity index (χ1n) is 5.82. The van der Waals surface area contributed by atoms with Gasteiger partial charge in [-0.3, -0.25) is 4.79 Å². The summed E-state index contributed by atoms with van der Waals surface area (Å²) in [6.45, 7) is 2.80. The molecule has 0 aliphatic heterocycles. The highest BCUT2D eigenvalue weighted by Crippen LogP contribution is 2.15. The molecule has 0 aromatic heterocycles. The van der Waals surface area contributed by atoms with E-state index in [4.69, 9.17) is 5.73 Å². The Bertz CT molecular complexity index is 382. The smallest absolute Gasteiger partial charge is 0.255 e. The van der Waals surface area contributed by atoms with Gasteiger partial charge in [0.05, 0.1) is 6.54 Å². The first-order chi connectivity index (χ1) is 8.43. The van der Waals surface area contributed by atoms with E-state index in [0.717, 1.165) is 4.90 Å². The molecule has 1 atom stereocenters. The highest BCUT2D eigenvalue weighted by molar-refractivity contribution is 5.83. The van der Waals surface area contributed by atoms with Crippen molar-refractivity contribution in [3.63, 3.8) is 0 Å². The van der Waals surface area contributed by atoms with Crippen molar-refractivity contribution >= 4 is 5.91 Å². The number of nitrogens with two attached hydrogens (primary N) is 1. The fourth-order valence-electron chi connectivity index (χ4n) is 1.69. The van der Waals surface area contributed by atoms with Crippen molar-refractivity contribution in [2.24, 2.45) is 5.73 Å². The number of carbonyl (C=O) groups is 1. The van der Waals surface area contributed by atoms with Crippen LogP contribution in [0.4, 0.5) is 8.78 Å². The Morgan fingerprint density at radius 3 is 2.28 bits per heavy atom. The third-order valence-corrected chi connectivity index (χ3v) is 2.67. The number of amides is 1. The van der Waals surface area contributed by atoms with Crippen molar-refractivity contribution < 1.29 is 13.6 Å². The average molecular weight is 256 g/mol. The van der Waals surface area contributed by atoms with Gasteiger partial charge >= 0.3 is 0 Å². The molecular weight excluding hydrogens is 238 g/mol. The van der Waals surface area contributed by atoms with E-state index < -0.39 is 24.9 Å². The molecule has 3 nitrogen and oxygen atoms in total. The monoisotopic (exact) mass is 256 g/mol. The lowest BCUT2D eigenvalue weighted by atomic mass is 10.1. The third-order valence-electron chi connectivity index (χ3n) is 2.67. The molecule has 0 fully saturated rings. The number of alkyl halides is 2. The zero-order valence-electron chi connectivity index (χ0n) is 10.5. The molecule has 2 N–H and O–H groups in total. The molecule has 1 unspecified atom stereocenters. The van der Waals surface area contributed by atoms with Gasteiger partial charge in [0.2, 0.25) is 5.91 Å². The van der Waals surface area contributed by atoms with E-state index in [0.29, 0.717) is 5.56 Å². The largest absolute Gasteiger partial charge is 0.333 e. The van der Waals surface area contributed by atoms with E-state index >= 15 is 0 Å². The molecule has 0 heterocycles.